The van der Waals surface area contributed by atoms with Gasteiger partial charge in [0.1, 0.15) is 5.60 Å². The molecule has 0 rings (SSSR count). The molecule has 0 saturated carbocycles. The average molecular weight is 680 g/mol. The molecule has 0 aromatic rings. The van der Waals surface area contributed by atoms with Gasteiger partial charge in [0.05, 0.1) is 99.1 Å². The van der Waals surface area contributed by atoms with E-state index in [1.54, 1.807) is 0 Å². The summed E-state index contributed by atoms with van der Waals surface area (Å²) in [6.45, 7) is 14.4. The van der Waals surface area contributed by atoms with Crippen molar-refractivity contribution in [1.29, 1.82) is 0 Å². The second-order valence-corrected chi connectivity index (χ2v) is 10.5. The van der Waals surface area contributed by atoms with Gasteiger partial charge in [0.2, 0.25) is 0 Å². The van der Waals surface area contributed by atoms with Crippen molar-refractivity contribution in [2.24, 2.45) is 0 Å². The summed E-state index contributed by atoms with van der Waals surface area (Å²) in [5.74, 6) is 0. The van der Waals surface area contributed by atoms with Gasteiger partial charge >= 0.3 is 6.09 Å². The van der Waals surface area contributed by atoms with E-state index in [4.69, 9.17) is 42.6 Å². The first-order valence-corrected chi connectivity index (χ1v) is 15.6. The molecule has 0 aromatic carbocycles. The minimum Gasteiger partial charge on any atom is -0.444 e. The Bertz CT molecular complexity index is 511. The molecule has 1 amide bonds. The van der Waals surface area contributed by atoms with E-state index >= 15 is 0 Å². The van der Waals surface area contributed by atoms with Crippen LogP contribution in [-0.4, -0.2) is 128 Å². The van der Waals surface area contributed by atoms with Crippen molar-refractivity contribution in [3.05, 3.63) is 0 Å². The van der Waals surface area contributed by atoms with Crippen LogP contribution in [-0.2, 0) is 42.6 Å². The third kappa shape index (κ3) is 35.7. The fourth-order valence-electron chi connectivity index (χ4n) is 2.83. The lowest BCUT2D eigenvalue weighted by Crippen LogP contribution is -2.34. The van der Waals surface area contributed by atoms with Gasteiger partial charge < -0.3 is 47.9 Å². The maximum atomic E-state index is 11.5. The SMILES string of the molecule is CC(C)(C)OC(=O)NCCOCCOCCOCCOCCOCCOCCOCCOCCCCCCI. The van der Waals surface area contributed by atoms with Crippen molar-refractivity contribution >= 4 is 28.7 Å². The number of rotatable bonds is 30. The number of alkyl halides is 1. The van der Waals surface area contributed by atoms with Crippen molar-refractivity contribution in [2.75, 3.05) is 117 Å². The summed E-state index contributed by atoms with van der Waals surface area (Å²) in [6.07, 6.45) is 4.53. The Morgan fingerprint density at radius 3 is 1.21 bits per heavy atom. The number of halogens is 1. The fraction of sp³-hybridized carbons (Fsp3) is 0.963. The molecule has 0 fully saturated rings. The lowest BCUT2D eigenvalue weighted by molar-refractivity contribution is -0.0231. The highest BCUT2D eigenvalue weighted by Crippen LogP contribution is 2.06. The highest BCUT2D eigenvalue weighted by Gasteiger charge is 2.15. The number of unbranched alkanes of at least 4 members (excludes halogenated alkanes) is 3. The van der Waals surface area contributed by atoms with Crippen molar-refractivity contribution < 1.29 is 47.4 Å². The van der Waals surface area contributed by atoms with E-state index in [0.29, 0.717) is 106 Å². The van der Waals surface area contributed by atoms with Crippen LogP contribution in [0.25, 0.3) is 0 Å². The van der Waals surface area contributed by atoms with Crippen LogP contribution in [0.3, 0.4) is 0 Å². The number of amides is 1. The summed E-state index contributed by atoms with van der Waals surface area (Å²) in [5.41, 5.74) is -0.503. The van der Waals surface area contributed by atoms with Gasteiger partial charge in [0.25, 0.3) is 0 Å². The van der Waals surface area contributed by atoms with E-state index in [2.05, 4.69) is 27.9 Å². The molecule has 0 heterocycles. The van der Waals surface area contributed by atoms with E-state index < -0.39 is 11.7 Å². The van der Waals surface area contributed by atoms with E-state index in [0.717, 1.165) is 13.0 Å². The van der Waals surface area contributed by atoms with Gasteiger partial charge in [-0.05, 0) is 38.0 Å². The van der Waals surface area contributed by atoms with Crippen LogP contribution in [0.5, 0.6) is 0 Å². The molecule has 12 heteroatoms. The first kappa shape index (κ1) is 38.7. The average Bonchev–Trinajstić information content (AvgIpc) is 2.88. The maximum absolute atomic E-state index is 11.5. The summed E-state index contributed by atoms with van der Waals surface area (Å²) in [6, 6.07) is 0. The number of hydrogen-bond donors (Lipinski definition) is 1. The molecule has 39 heavy (non-hydrogen) atoms. The van der Waals surface area contributed by atoms with E-state index in [-0.39, 0.29) is 0 Å². The highest BCUT2D eigenvalue weighted by molar-refractivity contribution is 14.1. The molecule has 0 saturated heterocycles. The maximum Gasteiger partial charge on any atom is 0.407 e. The minimum atomic E-state index is -0.503. The van der Waals surface area contributed by atoms with E-state index in [1.165, 1.54) is 23.7 Å². The summed E-state index contributed by atoms with van der Waals surface area (Å²) in [4.78, 5) is 11.5. The molecule has 0 spiro atoms. The first-order chi connectivity index (χ1) is 19.0. The zero-order valence-corrected chi connectivity index (χ0v) is 26.7. The smallest absolute Gasteiger partial charge is 0.407 e. The van der Waals surface area contributed by atoms with Gasteiger partial charge in [0, 0.05) is 13.2 Å². The largest absolute Gasteiger partial charge is 0.444 e. The zero-order chi connectivity index (χ0) is 28.7. The van der Waals surface area contributed by atoms with Gasteiger partial charge in [0.15, 0.2) is 0 Å². The Labute approximate surface area is 249 Å². The molecule has 0 aliphatic carbocycles. The number of nitrogens with one attached hydrogen (secondary N) is 1. The number of carbonyl (C=O) groups excluding carboxylic acids is 1. The van der Waals surface area contributed by atoms with Gasteiger partial charge in [-0.3, -0.25) is 0 Å². The first-order valence-electron chi connectivity index (χ1n) is 14.1. The molecule has 0 radical (unpaired) electrons. The van der Waals surface area contributed by atoms with Crippen molar-refractivity contribution in [1.82, 2.24) is 5.32 Å². The molecular weight excluding hydrogens is 625 g/mol. The van der Waals surface area contributed by atoms with Gasteiger partial charge in [-0.1, -0.05) is 35.4 Å². The van der Waals surface area contributed by atoms with Gasteiger partial charge in [-0.15, -0.1) is 0 Å². The Balaban J connectivity index is 3.09. The second kappa shape index (κ2) is 30.6. The van der Waals surface area contributed by atoms with E-state index in [1.807, 2.05) is 20.8 Å². The van der Waals surface area contributed by atoms with Gasteiger partial charge in [-0.2, -0.15) is 0 Å². The van der Waals surface area contributed by atoms with Crippen LogP contribution in [0.1, 0.15) is 46.5 Å². The predicted molar refractivity (Wildman–Crippen MR) is 158 cm³/mol. The van der Waals surface area contributed by atoms with Crippen LogP contribution in [0.15, 0.2) is 0 Å². The Morgan fingerprint density at radius 1 is 0.513 bits per heavy atom. The van der Waals surface area contributed by atoms with Crippen LogP contribution in [0, 0.1) is 0 Å². The molecule has 0 bridgehead atoms. The predicted octanol–water partition coefficient (Wildman–Crippen LogP) is 3.64. The van der Waals surface area contributed by atoms with Crippen molar-refractivity contribution in [2.45, 2.75) is 52.1 Å². The number of ether oxygens (including phenoxy) is 9. The number of hydrogen-bond acceptors (Lipinski definition) is 10. The van der Waals surface area contributed by atoms with E-state index in [9.17, 15) is 4.79 Å². The normalized spacial score (nSPS) is 11.7. The Hall–Kier alpha value is -0.320. The molecule has 0 aromatic heterocycles. The second-order valence-electron chi connectivity index (χ2n) is 9.43. The monoisotopic (exact) mass is 679 g/mol. The zero-order valence-electron chi connectivity index (χ0n) is 24.5. The number of carbonyl (C=O) groups is 1. The molecule has 0 unspecified atom stereocenters. The van der Waals surface area contributed by atoms with Crippen LogP contribution >= 0.6 is 22.6 Å². The molecule has 0 aliphatic rings. The van der Waals surface area contributed by atoms with Crippen LogP contribution in [0.4, 0.5) is 4.79 Å². The third-order valence-electron chi connectivity index (χ3n) is 4.69. The molecule has 0 atom stereocenters. The molecule has 1 N–H and O–H groups in total. The highest BCUT2D eigenvalue weighted by atomic mass is 127. The quantitative estimate of drug-likeness (QED) is 0.0687. The van der Waals surface area contributed by atoms with Gasteiger partial charge in [-0.25, -0.2) is 4.79 Å². The Kier molecular flexibility index (Phi) is 30.4. The summed E-state index contributed by atoms with van der Waals surface area (Å²) in [7, 11) is 0. The fourth-order valence-corrected chi connectivity index (χ4v) is 3.37. The Morgan fingerprint density at radius 2 is 0.846 bits per heavy atom. The van der Waals surface area contributed by atoms with Crippen molar-refractivity contribution in [3.63, 3.8) is 0 Å². The molecular formula is C27H54INO10. The topological polar surface area (TPSA) is 112 Å². The molecule has 0 aliphatic heterocycles. The summed E-state index contributed by atoms with van der Waals surface area (Å²) < 4.78 is 50.1. The molecule has 11 nitrogen and oxygen atoms in total. The third-order valence-corrected chi connectivity index (χ3v) is 5.45. The summed E-state index contributed by atoms with van der Waals surface area (Å²) >= 11 is 2.42. The lowest BCUT2D eigenvalue weighted by Gasteiger charge is -2.19. The minimum absolute atomic E-state index is 0.391. The standard InChI is InChI=1S/C27H54INO10/c1-27(2,3)39-26(30)29-9-11-32-13-15-34-17-19-36-21-23-38-25-24-37-22-20-35-18-16-33-14-12-31-10-7-5-4-6-8-28/h4-25H2,1-3H3,(H,29,30). The molecule has 234 valence electrons. The van der Waals surface area contributed by atoms with Crippen molar-refractivity contribution in [3.8, 4) is 0 Å². The number of alkyl carbamates (subject to hydrolysis) is 1. The lowest BCUT2D eigenvalue weighted by atomic mass is 10.2. The summed E-state index contributed by atoms with van der Waals surface area (Å²) in [5, 5.41) is 2.63. The van der Waals surface area contributed by atoms with Crippen LogP contribution < -0.4 is 5.32 Å². The van der Waals surface area contributed by atoms with Crippen LogP contribution in [0.2, 0.25) is 0 Å².